The van der Waals surface area contributed by atoms with Gasteiger partial charge in [0.2, 0.25) is 11.8 Å². The van der Waals surface area contributed by atoms with Crippen molar-refractivity contribution in [1.82, 2.24) is 19.4 Å². The van der Waals surface area contributed by atoms with Crippen molar-refractivity contribution in [3.8, 4) is 11.4 Å². The zero-order valence-electron chi connectivity index (χ0n) is 17.1. The Morgan fingerprint density at radius 3 is 2.33 bits per heavy atom. The van der Waals surface area contributed by atoms with Crippen LogP contribution in [-0.2, 0) is 9.59 Å². The van der Waals surface area contributed by atoms with Crippen LogP contribution in [-0.4, -0.2) is 70.2 Å². The molecule has 0 bridgehead atoms. The van der Waals surface area contributed by atoms with Gasteiger partial charge in [-0.1, -0.05) is 23.9 Å². The highest BCUT2D eigenvalue weighted by Gasteiger charge is 2.23. The van der Waals surface area contributed by atoms with Gasteiger partial charge in [0, 0.05) is 38.8 Å². The minimum absolute atomic E-state index is 0.0599. The monoisotopic (exact) mass is 424 g/mol. The summed E-state index contributed by atoms with van der Waals surface area (Å²) in [5.41, 5.74) is 2.85. The Bertz CT molecular complexity index is 1060. The van der Waals surface area contributed by atoms with Crippen molar-refractivity contribution in [1.29, 1.82) is 0 Å². The molecule has 1 aliphatic heterocycles. The lowest BCUT2D eigenvalue weighted by atomic mass is 10.2. The van der Waals surface area contributed by atoms with Gasteiger partial charge in [0.1, 0.15) is 5.75 Å². The molecule has 1 aliphatic rings. The topological polar surface area (TPSA) is 67.7 Å². The molecule has 156 valence electrons. The molecule has 0 atom stereocenters. The molecule has 0 aliphatic carbocycles. The van der Waals surface area contributed by atoms with Gasteiger partial charge in [-0.05, 0) is 36.4 Å². The second-order valence-corrected chi connectivity index (χ2v) is 8.03. The first-order valence-corrected chi connectivity index (χ1v) is 10.8. The van der Waals surface area contributed by atoms with E-state index in [1.54, 1.807) is 18.9 Å². The molecule has 2 amide bonds. The number of piperazine rings is 1. The Balaban J connectivity index is 1.53. The Labute approximate surface area is 179 Å². The molecule has 4 rings (SSSR count). The lowest BCUT2D eigenvalue weighted by Gasteiger charge is -2.34. The molecule has 0 spiro atoms. The Hall–Kier alpha value is -3.00. The SMILES string of the molecule is COc1ccc(-n2c(SCC(=O)N3CCN(C(C)=O)CC3)nc3ccccc32)cc1. The second kappa shape index (κ2) is 8.79. The molecule has 1 aromatic heterocycles. The zero-order chi connectivity index (χ0) is 21.1. The predicted octanol–water partition coefficient (Wildman–Crippen LogP) is 2.82. The Kier molecular flexibility index (Phi) is 5.94. The van der Waals surface area contributed by atoms with Crippen molar-refractivity contribution in [3.63, 3.8) is 0 Å². The van der Waals surface area contributed by atoms with E-state index in [0.717, 1.165) is 27.6 Å². The number of para-hydroxylation sites is 2. The summed E-state index contributed by atoms with van der Waals surface area (Å²) in [5, 5.41) is 0.775. The molecule has 1 saturated heterocycles. The maximum atomic E-state index is 12.7. The van der Waals surface area contributed by atoms with Gasteiger partial charge < -0.3 is 14.5 Å². The number of carbonyl (C=O) groups is 2. The van der Waals surface area contributed by atoms with E-state index in [-0.39, 0.29) is 11.8 Å². The van der Waals surface area contributed by atoms with E-state index in [9.17, 15) is 9.59 Å². The highest BCUT2D eigenvalue weighted by atomic mass is 32.2. The van der Waals surface area contributed by atoms with E-state index in [2.05, 4.69) is 4.57 Å². The van der Waals surface area contributed by atoms with Crippen LogP contribution in [0.2, 0.25) is 0 Å². The largest absolute Gasteiger partial charge is 0.497 e. The highest BCUT2D eigenvalue weighted by Crippen LogP contribution is 2.29. The molecule has 3 aromatic rings. The van der Waals surface area contributed by atoms with Gasteiger partial charge in [0.25, 0.3) is 0 Å². The number of aromatic nitrogens is 2. The van der Waals surface area contributed by atoms with Crippen LogP contribution < -0.4 is 4.74 Å². The van der Waals surface area contributed by atoms with E-state index in [4.69, 9.17) is 9.72 Å². The zero-order valence-corrected chi connectivity index (χ0v) is 17.9. The fourth-order valence-corrected chi connectivity index (χ4v) is 4.50. The summed E-state index contributed by atoms with van der Waals surface area (Å²) in [6, 6.07) is 15.7. The number of carbonyl (C=O) groups excluding carboxylic acids is 2. The number of hydrogen-bond donors (Lipinski definition) is 0. The fraction of sp³-hybridized carbons (Fsp3) is 0.318. The van der Waals surface area contributed by atoms with Crippen LogP contribution in [0.3, 0.4) is 0 Å². The average Bonchev–Trinajstić information content (AvgIpc) is 3.16. The molecule has 0 saturated carbocycles. The van der Waals surface area contributed by atoms with Crippen molar-refractivity contribution < 1.29 is 14.3 Å². The van der Waals surface area contributed by atoms with Crippen molar-refractivity contribution in [3.05, 3.63) is 48.5 Å². The lowest BCUT2D eigenvalue weighted by molar-refractivity contribution is -0.136. The third-order valence-corrected chi connectivity index (χ3v) is 6.19. The molecule has 7 nitrogen and oxygen atoms in total. The van der Waals surface area contributed by atoms with Crippen LogP contribution in [0, 0.1) is 0 Å². The van der Waals surface area contributed by atoms with E-state index in [0.29, 0.717) is 31.9 Å². The van der Waals surface area contributed by atoms with Crippen LogP contribution >= 0.6 is 11.8 Å². The number of ether oxygens (including phenoxy) is 1. The van der Waals surface area contributed by atoms with Crippen LogP contribution in [0.5, 0.6) is 5.75 Å². The molecule has 8 heteroatoms. The molecular weight excluding hydrogens is 400 g/mol. The van der Waals surface area contributed by atoms with Crippen LogP contribution in [0.15, 0.2) is 53.7 Å². The second-order valence-electron chi connectivity index (χ2n) is 7.09. The van der Waals surface area contributed by atoms with E-state index < -0.39 is 0 Å². The summed E-state index contributed by atoms with van der Waals surface area (Å²) in [7, 11) is 1.64. The summed E-state index contributed by atoms with van der Waals surface area (Å²) in [5.74, 6) is 1.22. The number of imidazole rings is 1. The number of fused-ring (bicyclic) bond motifs is 1. The third kappa shape index (κ3) is 4.14. The van der Waals surface area contributed by atoms with Crippen LogP contribution in [0.25, 0.3) is 16.7 Å². The van der Waals surface area contributed by atoms with Crippen molar-refractivity contribution in [2.24, 2.45) is 0 Å². The first-order chi connectivity index (χ1) is 14.6. The Morgan fingerprint density at radius 1 is 1.00 bits per heavy atom. The maximum absolute atomic E-state index is 12.7. The highest BCUT2D eigenvalue weighted by molar-refractivity contribution is 7.99. The molecule has 0 radical (unpaired) electrons. The number of benzene rings is 2. The number of thioether (sulfide) groups is 1. The van der Waals surface area contributed by atoms with Crippen molar-refractivity contribution in [2.75, 3.05) is 39.0 Å². The van der Waals surface area contributed by atoms with E-state index in [1.165, 1.54) is 11.8 Å². The number of rotatable bonds is 5. The van der Waals surface area contributed by atoms with E-state index >= 15 is 0 Å². The first-order valence-electron chi connectivity index (χ1n) is 9.85. The van der Waals surface area contributed by atoms with E-state index in [1.807, 2.05) is 53.4 Å². The minimum atomic E-state index is 0.0599. The first kappa shape index (κ1) is 20.3. The molecule has 30 heavy (non-hydrogen) atoms. The van der Waals surface area contributed by atoms with Crippen molar-refractivity contribution >= 4 is 34.6 Å². The number of amides is 2. The van der Waals surface area contributed by atoms with Gasteiger partial charge in [-0.25, -0.2) is 4.98 Å². The molecule has 0 N–H and O–H groups in total. The molecule has 1 fully saturated rings. The molecule has 2 heterocycles. The molecule has 2 aromatic carbocycles. The number of nitrogens with zero attached hydrogens (tertiary/aromatic N) is 4. The molecular formula is C22H24N4O3S. The summed E-state index contributed by atoms with van der Waals surface area (Å²) >= 11 is 1.44. The van der Waals surface area contributed by atoms with Gasteiger partial charge in [-0.2, -0.15) is 0 Å². The normalized spacial score (nSPS) is 14.2. The van der Waals surface area contributed by atoms with Gasteiger partial charge in [-0.3, -0.25) is 14.2 Å². The van der Waals surface area contributed by atoms with Crippen LogP contribution in [0.4, 0.5) is 0 Å². The minimum Gasteiger partial charge on any atom is -0.497 e. The third-order valence-electron chi connectivity index (χ3n) is 5.26. The summed E-state index contributed by atoms with van der Waals surface area (Å²) in [6.45, 7) is 3.91. The summed E-state index contributed by atoms with van der Waals surface area (Å²) in [4.78, 5) is 32.6. The van der Waals surface area contributed by atoms with Crippen molar-refractivity contribution in [2.45, 2.75) is 12.1 Å². The number of methoxy groups -OCH3 is 1. The summed E-state index contributed by atoms with van der Waals surface area (Å²) in [6.07, 6.45) is 0. The number of hydrogen-bond acceptors (Lipinski definition) is 5. The van der Waals surface area contributed by atoms with Gasteiger partial charge in [-0.15, -0.1) is 0 Å². The fourth-order valence-electron chi connectivity index (χ4n) is 3.57. The predicted molar refractivity (Wildman–Crippen MR) is 117 cm³/mol. The summed E-state index contributed by atoms with van der Waals surface area (Å²) < 4.78 is 7.34. The lowest BCUT2D eigenvalue weighted by Crippen LogP contribution is -2.50. The van der Waals surface area contributed by atoms with Gasteiger partial charge in [0.05, 0.1) is 23.9 Å². The van der Waals surface area contributed by atoms with Crippen LogP contribution in [0.1, 0.15) is 6.92 Å². The average molecular weight is 425 g/mol. The maximum Gasteiger partial charge on any atom is 0.233 e. The van der Waals surface area contributed by atoms with Gasteiger partial charge in [0.15, 0.2) is 5.16 Å². The van der Waals surface area contributed by atoms with Gasteiger partial charge >= 0.3 is 0 Å². The molecule has 0 unspecified atom stereocenters. The standard InChI is InChI=1S/C22H24N4O3S/c1-16(27)24-11-13-25(14-12-24)21(28)15-30-22-23-19-5-3-4-6-20(19)26(22)17-7-9-18(29-2)10-8-17/h3-10H,11-15H2,1-2H3. The smallest absolute Gasteiger partial charge is 0.233 e. The Morgan fingerprint density at radius 2 is 1.67 bits per heavy atom. The quantitative estimate of drug-likeness (QED) is 0.589.